The van der Waals surface area contributed by atoms with Crippen molar-refractivity contribution in [3.63, 3.8) is 0 Å². The first-order valence-electron chi connectivity index (χ1n) is 6.99. The third kappa shape index (κ3) is 3.49. The first-order valence-corrected chi connectivity index (χ1v) is 8.47. The van der Waals surface area contributed by atoms with Gasteiger partial charge in [-0.2, -0.15) is 0 Å². The van der Waals surface area contributed by atoms with E-state index in [1.807, 2.05) is 0 Å². The van der Waals surface area contributed by atoms with Gasteiger partial charge in [0.05, 0.1) is 0 Å². The molecule has 0 bridgehead atoms. The van der Waals surface area contributed by atoms with E-state index in [9.17, 15) is 8.42 Å². The summed E-state index contributed by atoms with van der Waals surface area (Å²) in [4.78, 5) is 4.27. The van der Waals surface area contributed by atoms with Crippen molar-refractivity contribution in [1.82, 2.24) is 9.71 Å². The van der Waals surface area contributed by atoms with Crippen LogP contribution in [0.1, 0.15) is 39.5 Å². The second-order valence-corrected chi connectivity index (χ2v) is 7.86. The van der Waals surface area contributed by atoms with Gasteiger partial charge in [0.2, 0.25) is 10.0 Å². The maximum atomic E-state index is 12.5. The van der Waals surface area contributed by atoms with Gasteiger partial charge in [0.15, 0.2) is 0 Å². The van der Waals surface area contributed by atoms with E-state index >= 15 is 0 Å². The molecule has 5 nitrogen and oxygen atoms in total. The van der Waals surface area contributed by atoms with Crippen LogP contribution in [-0.2, 0) is 10.0 Å². The Balaban J connectivity index is 2.19. The summed E-state index contributed by atoms with van der Waals surface area (Å²) in [6.45, 7) is 4.38. The summed E-state index contributed by atoms with van der Waals surface area (Å²) in [7, 11) is -1.86. The fourth-order valence-corrected chi connectivity index (χ4v) is 4.31. The van der Waals surface area contributed by atoms with E-state index in [4.69, 9.17) is 0 Å². The number of sulfonamides is 1. The minimum absolute atomic E-state index is 0.00802. The minimum Gasteiger partial charge on any atom is -0.372 e. The smallest absolute Gasteiger partial charge is 0.244 e. The maximum Gasteiger partial charge on any atom is 0.244 e. The number of anilines is 1. The molecule has 112 valence electrons. The topological polar surface area (TPSA) is 71.1 Å². The quantitative estimate of drug-likeness (QED) is 0.895. The van der Waals surface area contributed by atoms with Crippen molar-refractivity contribution < 1.29 is 8.42 Å². The highest BCUT2D eigenvalue weighted by molar-refractivity contribution is 7.89. The summed E-state index contributed by atoms with van der Waals surface area (Å²) in [6, 6.07) is 3.23. The van der Waals surface area contributed by atoms with Crippen LogP contribution >= 0.6 is 0 Å². The minimum atomic E-state index is -3.53. The van der Waals surface area contributed by atoms with Gasteiger partial charge in [-0.15, -0.1) is 0 Å². The van der Waals surface area contributed by atoms with Crippen LogP contribution in [0, 0.1) is 5.41 Å². The number of nitrogens with one attached hydrogen (secondary N) is 2. The van der Waals surface area contributed by atoms with Gasteiger partial charge in [-0.3, -0.25) is 0 Å². The van der Waals surface area contributed by atoms with Crippen LogP contribution in [0.15, 0.2) is 23.2 Å². The van der Waals surface area contributed by atoms with E-state index in [2.05, 4.69) is 28.9 Å². The highest BCUT2D eigenvalue weighted by Gasteiger charge is 2.31. The molecule has 1 unspecified atom stereocenters. The molecule has 1 heterocycles. The Labute approximate surface area is 121 Å². The molecule has 0 aromatic carbocycles. The van der Waals surface area contributed by atoms with E-state index in [1.165, 1.54) is 0 Å². The van der Waals surface area contributed by atoms with Gasteiger partial charge in [-0.1, -0.05) is 20.3 Å². The second kappa shape index (κ2) is 5.69. The summed E-state index contributed by atoms with van der Waals surface area (Å²) in [5.41, 5.74) is 0.201. The Hall–Kier alpha value is -1.14. The van der Waals surface area contributed by atoms with Gasteiger partial charge in [-0.25, -0.2) is 18.1 Å². The predicted octanol–water partition coefficient (Wildman–Crippen LogP) is 2.37. The molecule has 0 spiro atoms. The number of rotatable bonds is 4. The fraction of sp³-hybridized carbons (Fsp3) is 0.643. The molecule has 1 atom stereocenters. The van der Waals surface area contributed by atoms with E-state index in [0.717, 1.165) is 25.7 Å². The number of nitrogens with zero attached hydrogens (tertiary/aromatic N) is 1. The maximum absolute atomic E-state index is 12.5. The molecule has 2 rings (SSSR count). The Morgan fingerprint density at radius 3 is 2.80 bits per heavy atom. The van der Waals surface area contributed by atoms with E-state index in [-0.39, 0.29) is 16.4 Å². The average Bonchev–Trinajstić information content (AvgIpc) is 2.37. The zero-order valence-electron chi connectivity index (χ0n) is 12.3. The van der Waals surface area contributed by atoms with Crippen LogP contribution in [0.25, 0.3) is 0 Å². The molecule has 0 aliphatic heterocycles. The molecule has 0 amide bonds. The van der Waals surface area contributed by atoms with Gasteiger partial charge < -0.3 is 5.32 Å². The van der Waals surface area contributed by atoms with Crippen molar-refractivity contribution >= 4 is 15.8 Å². The normalized spacial score (nSPS) is 22.4. The molecule has 1 aromatic rings. The van der Waals surface area contributed by atoms with Gasteiger partial charge in [0.25, 0.3) is 0 Å². The molecule has 0 radical (unpaired) electrons. The Kier molecular flexibility index (Phi) is 4.34. The molecule has 1 aliphatic carbocycles. The molecular formula is C14H23N3O2S. The first kappa shape index (κ1) is 15.3. The van der Waals surface area contributed by atoms with E-state index in [1.54, 1.807) is 25.4 Å². The summed E-state index contributed by atoms with van der Waals surface area (Å²) in [5, 5.41) is 2.82. The lowest BCUT2D eigenvalue weighted by atomic mass is 9.75. The molecule has 1 aliphatic rings. The van der Waals surface area contributed by atoms with Crippen LogP contribution in [0.5, 0.6) is 0 Å². The molecular weight excluding hydrogens is 274 g/mol. The van der Waals surface area contributed by atoms with Crippen LogP contribution in [0.4, 0.5) is 5.82 Å². The average molecular weight is 297 g/mol. The Morgan fingerprint density at radius 2 is 2.15 bits per heavy atom. The number of aromatic nitrogens is 1. The zero-order valence-corrected chi connectivity index (χ0v) is 13.1. The third-order valence-corrected chi connectivity index (χ3v) is 5.38. The monoisotopic (exact) mass is 297 g/mol. The fourth-order valence-electron chi connectivity index (χ4n) is 2.88. The highest BCUT2D eigenvalue weighted by Crippen LogP contribution is 2.35. The Bertz CT molecular complexity index is 570. The lowest BCUT2D eigenvalue weighted by Crippen LogP contribution is -2.40. The number of hydrogen-bond acceptors (Lipinski definition) is 4. The number of hydrogen-bond donors (Lipinski definition) is 2. The van der Waals surface area contributed by atoms with Crippen molar-refractivity contribution in [3.8, 4) is 0 Å². The van der Waals surface area contributed by atoms with Crippen molar-refractivity contribution in [3.05, 3.63) is 18.3 Å². The van der Waals surface area contributed by atoms with Gasteiger partial charge in [0.1, 0.15) is 10.7 Å². The first-order chi connectivity index (χ1) is 9.34. The second-order valence-electron chi connectivity index (χ2n) is 6.18. The predicted molar refractivity (Wildman–Crippen MR) is 80.1 cm³/mol. The lowest BCUT2D eigenvalue weighted by molar-refractivity contribution is 0.212. The molecule has 1 fully saturated rings. The van der Waals surface area contributed by atoms with Crippen molar-refractivity contribution in [1.29, 1.82) is 0 Å². The highest BCUT2D eigenvalue weighted by atomic mass is 32.2. The molecule has 6 heteroatoms. The number of pyridine rings is 1. The van der Waals surface area contributed by atoms with Gasteiger partial charge in [-0.05, 0) is 36.8 Å². The van der Waals surface area contributed by atoms with Crippen LogP contribution in [0.3, 0.4) is 0 Å². The standard InChI is InChI=1S/C14H23N3O2S/c1-14(2)8-4-6-11(10-14)17-20(18,19)12-7-5-9-16-13(12)15-3/h5,7,9,11,17H,4,6,8,10H2,1-3H3,(H,15,16). The third-order valence-electron chi connectivity index (χ3n) is 3.82. The largest absolute Gasteiger partial charge is 0.372 e. The van der Waals surface area contributed by atoms with Crippen molar-refractivity contribution in [2.24, 2.45) is 5.41 Å². The summed E-state index contributed by atoms with van der Waals surface area (Å²) >= 11 is 0. The SMILES string of the molecule is CNc1ncccc1S(=O)(=O)NC1CCCC(C)(C)C1. The molecule has 0 saturated heterocycles. The van der Waals surface area contributed by atoms with Gasteiger partial charge >= 0.3 is 0 Å². The van der Waals surface area contributed by atoms with E-state index < -0.39 is 10.0 Å². The van der Waals surface area contributed by atoms with Crippen LogP contribution in [0.2, 0.25) is 0 Å². The zero-order chi connectivity index (χ0) is 14.8. The van der Waals surface area contributed by atoms with Crippen molar-refractivity contribution in [2.75, 3.05) is 12.4 Å². The van der Waals surface area contributed by atoms with Crippen LogP contribution in [-0.4, -0.2) is 26.5 Å². The summed E-state index contributed by atoms with van der Waals surface area (Å²) in [5.74, 6) is 0.384. The van der Waals surface area contributed by atoms with Gasteiger partial charge in [0, 0.05) is 19.3 Å². The molecule has 1 saturated carbocycles. The summed E-state index contributed by atoms with van der Waals surface area (Å²) < 4.78 is 27.8. The molecule has 1 aromatic heterocycles. The molecule has 2 N–H and O–H groups in total. The van der Waals surface area contributed by atoms with Crippen LogP contribution < -0.4 is 10.0 Å². The molecule has 20 heavy (non-hydrogen) atoms. The van der Waals surface area contributed by atoms with Crippen molar-refractivity contribution in [2.45, 2.75) is 50.5 Å². The lowest BCUT2D eigenvalue weighted by Gasteiger charge is -2.35. The summed E-state index contributed by atoms with van der Waals surface area (Å²) in [6.07, 6.45) is 5.57. The Morgan fingerprint density at radius 1 is 1.40 bits per heavy atom. The van der Waals surface area contributed by atoms with E-state index in [0.29, 0.717) is 5.82 Å².